The third-order valence-electron chi connectivity index (χ3n) is 4.62. The summed E-state index contributed by atoms with van der Waals surface area (Å²) in [4.78, 5) is 0. The van der Waals surface area contributed by atoms with Gasteiger partial charge in [0.15, 0.2) is 0 Å². The molecule has 1 fully saturated rings. The number of benzene rings is 1. The van der Waals surface area contributed by atoms with Crippen molar-refractivity contribution in [1.29, 1.82) is 0 Å². The van der Waals surface area contributed by atoms with Gasteiger partial charge in [-0.2, -0.15) is 0 Å². The highest BCUT2D eigenvalue weighted by Crippen LogP contribution is 2.36. The van der Waals surface area contributed by atoms with Gasteiger partial charge >= 0.3 is 0 Å². The molecule has 0 saturated heterocycles. The number of nitrogens with two attached hydrogens (primary N) is 1. The van der Waals surface area contributed by atoms with Gasteiger partial charge in [-0.3, -0.25) is 0 Å². The van der Waals surface area contributed by atoms with Crippen LogP contribution in [-0.4, -0.2) is 5.54 Å². The molecular weight excluding hydrogens is 317 g/mol. The minimum atomic E-state index is -0.199. The SMILES string of the molecule is CCCCC1CCC(N)(Cc2ccc(F)cc2Br)CC1. The number of unbranched alkanes of at least 4 members (excludes halogenated alkanes) is 1. The lowest BCUT2D eigenvalue weighted by Gasteiger charge is -2.37. The fraction of sp³-hybridized carbons (Fsp3) is 0.647. The molecule has 0 aliphatic heterocycles. The van der Waals surface area contributed by atoms with Gasteiger partial charge in [0.1, 0.15) is 5.82 Å². The number of rotatable bonds is 5. The van der Waals surface area contributed by atoms with Crippen LogP contribution in [0.1, 0.15) is 57.4 Å². The molecular formula is C17H25BrFN. The van der Waals surface area contributed by atoms with E-state index in [2.05, 4.69) is 22.9 Å². The highest BCUT2D eigenvalue weighted by Gasteiger charge is 2.31. The largest absolute Gasteiger partial charge is 0.325 e. The minimum absolute atomic E-state index is 0.108. The summed E-state index contributed by atoms with van der Waals surface area (Å²) in [7, 11) is 0. The summed E-state index contributed by atoms with van der Waals surface area (Å²) >= 11 is 3.45. The first-order valence-corrected chi connectivity index (χ1v) is 8.54. The molecule has 0 heterocycles. The molecule has 1 aliphatic carbocycles. The van der Waals surface area contributed by atoms with Crippen molar-refractivity contribution in [2.75, 3.05) is 0 Å². The van der Waals surface area contributed by atoms with Crippen LogP contribution in [0.4, 0.5) is 4.39 Å². The van der Waals surface area contributed by atoms with Crippen LogP contribution in [0.3, 0.4) is 0 Å². The van der Waals surface area contributed by atoms with Crippen molar-refractivity contribution < 1.29 is 4.39 Å². The maximum absolute atomic E-state index is 13.1. The molecule has 2 N–H and O–H groups in total. The van der Waals surface area contributed by atoms with E-state index in [1.165, 1.54) is 44.2 Å². The van der Waals surface area contributed by atoms with Crippen molar-refractivity contribution in [3.8, 4) is 0 Å². The van der Waals surface area contributed by atoms with Crippen LogP contribution in [0.2, 0.25) is 0 Å². The lowest BCUT2D eigenvalue weighted by Crippen LogP contribution is -2.45. The Labute approximate surface area is 130 Å². The fourth-order valence-electron chi connectivity index (χ4n) is 3.26. The Hall–Kier alpha value is -0.410. The molecule has 1 saturated carbocycles. The maximum atomic E-state index is 13.1. The molecule has 20 heavy (non-hydrogen) atoms. The van der Waals surface area contributed by atoms with E-state index in [1.54, 1.807) is 0 Å². The number of halogens is 2. The van der Waals surface area contributed by atoms with Crippen molar-refractivity contribution in [3.05, 3.63) is 34.1 Å². The topological polar surface area (TPSA) is 26.0 Å². The summed E-state index contributed by atoms with van der Waals surface area (Å²) in [5.41, 5.74) is 7.59. The molecule has 1 aromatic carbocycles. The van der Waals surface area contributed by atoms with Crippen LogP contribution < -0.4 is 5.73 Å². The zero-order valence-electron chi connectivity index (χ0n) is 12.3. The van der Waals surface area contributed by atoms with E-state index in [-0.39, 0.29) is 11.4 Å². The standard InChI is InChI=1S/C17H25BrFN/c1-2-3-4-13-7-9-17(20,10-8-13)12-14-5-6-15(19)11-16(14)18/h5-6,11,13H,2-4,7-10,12,20H2,1H3. The highest BCUT2D eigenvalue weighted by molar-refractivity contribution is 9.10. The van der Waals surface area contributed by atoms with Crippen LogP contribution in [0.5, 0.6) is 0 Å². The van der Waals surface area contributed by atoms with E-state index in [1.807, 2.05) is 6.07 Å². The third-order valence-corrected chi connectivity index (χ3v) is 5.36. The predicted molar refractivity (Wildman–Crippen MR) is 86.2 cm³/mol. The lowest BCUT2D eigenvalue weighted by atomic mass is 9.73. The molecule has 1 nitrogen and oxygen atoms in total. The van der Waals surface area contributed by atoms with E-state index in [0.717, 1.165) is 35.2 Å². The first-order valence-electron chi connectivity index (χ1n) is 7.75. The molecule has 0 bridgehead atoms. The summed E-state index contributed by atoms with van der Waals surface area (Å²) in [5.74, 6) is 0.665. The van der Waals surface area contributed by atoms with Gasteiger partial charge in [-0.1, -0.05) is 48.2 Å². The molecule has 0 spiro atoms. The minimum Gasteiger partial charge on any atom is -0.325 e. The van der Waals surface area contributed by atoms with Gasteiger partial charge in [0.2, 0.25) is 0 Å². The average molecular weight is 342 g/mol. The molecule has 0 atom stereocenters. The van der Waals surface area contributed by atoms with Gasteiger partial charge in [0, 0.05) is 10.0 Å². The zero-order valence-corrected chi connectivity index (χ0v) is 13.9. The molecule has 112 valence electrons. The van der Waals surface area contributed by atoms with Gasteiger partial charge in [-0.15, -0.1) is 0 Å². The van der Waals surface area contributed by atoms with Crippen LogP contribution in [0.15, 0.2) is 22.7 Å². The van der Waals surface area contributed by atoms with E-state index >= 15 is 0 Å². The van der Waals surface area contributed by atoms with E-state index < -0.39 is 0 Å². The Morgan fingerprint density at radius 2 is 2.05 bits per heavy atom. The molecule has 2 rings (SSSR count). The lowest BCUT2D eigenvalue weighted by molar-refractivity contribution is 0.221. The van der Waals surface area contributed by atoms with Crippen molar-refractivity contribution in [3.63, 3.8) is 0 Å². The van der Waals surface area contributed by atoms with Crippen molar-refractivity contribution in [2.45, 2.75) is 63.8 Å². The van der Waals surface area contributed by atoms with Gasteiger partial charge in [-0.25, -0.2) is 4.39 Å². The highest BCUT2D eigenvalue weighted by atomic mass is 79.9. The molecule has 0 aromatic heterocycles. The van der Waals surface area contributed by atoms with Gasteiger partial charge in [0.05, 0.1) is 0 Å². The Bertz CT molecular complexity index is 439. The fourth-order valence-corrected chi connectivity index (χ4v) is 3.75. The first-order chi connectivity index (χ1) is 9.52. The summed E-state index contributed by atoms with van der Waals surface area (Å²) in [6.07, 6.45) is 9.49. The normalized spacial score (nSPS) is 26.7. The summed E-state index contributed by atoms with van der Waals surface area (Å²) in [6, 6.07) is 4.92. The van der Waals surface area contributed by atoms with Crippen LogP contribution in [0, 0.1) is 11.7 Å². The summed E-state index contributed by atoms with van der Waals surface area (Å²) < 4.78 is 14.0. The van der Waals surface area contributed by atoms with E-state index in [0.29, 0.717) is 0 Å². The average Bonchev–Trinajstić information content (AvgIpc) is 2.42. The van der Waals surface area contributed by atoms with E-state index in [9.17, 15) is 4.39 Å². The van der Waals surface area contributed by atoms with E-state index in [4.69, 9.17) is 5.73 Å². The molecule has 0 amide bonds. The van der Waals surface area contributed by atoms with Gasteiger partial charge < -0.3 is 5.73 Å². The van der Waals surface area contributed by atoms with Crippen molar-refractivity contribution in [1.82, 2.24) is 0 Å². The molecule has 3 heteroatoms. The van der Waals surface area contributed by atoms with Crippen molar-refractivity contribution >= 4 is 15.9 Å². The first kappa shape index (κ1) is 16.0. The smallest absolute Gasteiger partial charge is 0.124 e. The Morgan fingerprint density at radius 1 is 1.35 bits per heavy atom. The third kappa shape index (κ3) is 4.29. The van der Waals surface area contributed by atoms with Crippen LogP contribution in [-0.2, 0) is 6.42 Å². The Morgan fingerprint density at radius 3 is 2.65 bits per heavy atom. The van der Waals surface area contributed by atoms with Gasteiger partial charge in [-0.05, 0) is 55.7 Å². The second-order valence-electron chi connectivity index (χ2n) is 6.36. The Kier molecular flexibility index (Phi) is 5.62. The second kappa shape index (κ2) is 7.04. The molecule has 1 aliphatic rings. The van der Waals surface area contributed by atoms with Crippen molar-refractivity contribution in [2.24, 2.45) is 11.7 Å². The second-order valence-corrected chi connectivity index (χ2v) is 7.21. The Balaban J connectivity index is 1.93. The van der Waals surface area contributed by atoms with Gasteiger partial charge in [0.25, 0.3) is 0 Å². The summed E-state index contributed by atoms with van der Waals surface area (Å²) in [6.45, 7) is 2.25. The summed E-state index contributed by atoms with van der Waals surface area (Å²) in [5, 5.41) is 0. The van der Waals surface area contributed by atoms with Crippen LogP contribution in [0.25, 0.3) is 0 Å². The molecule has 0 unspecified atom stereocenters. The monoisotopic (exact) mass is 341 g/mol. The maximum Gasteiger partial charge on any atom is 0.124 e. The number of hydrogen-bond acceptors (Lipinski definition) is 1. The van der Waals surface area contributed by atoms with Crippen LogP contribution >= 0.6 is 15.9 Å². The predicted octanol–water partition coefficient (Wildman–Crippen LogP) is 5.21. The zero-order chi connectivity index (χ0) is 14.6. The molecule has 1 aromatic rings. The number of hydrogen-bond donors (Lipinski definition) is 1. The quantitative estimate of drug-likeness (QED) is 0.781. The molecule has 0 radical (unpaired) electrons.